The summed E-state index contributed by atoms with van der Waals surface area (Å²) in [5.41, 5.74) is -0.0146. The van der Waals surface area contributed by atoms with Crippen LogP contribution in [0.2, 0.25) is 0 Å². The van der Waals surface area contributed by atoms with E-state index in [0.717, 1.165) is 17.7 Å². The molecule has 1 aliphatic carbocycles. The van der Waals surface area contributed by atoms with Gasteiger partial charge in [0.05, 0.1) is 0 Å². The summed E-state index contributed by atoms with van der Waals surface area (Å²) in [4.78, 5) is 61.0. The van der Waals surface area contributed by atoms with Gasteiger partial charge in [0.15, 0.2) is 12.4 Å². The number of benzene rings is 1. The number of hydrogen-bond acceptors (Lipinski definition) is 6. The molecule has 29 heavy (non-hydrogen) atoms. The lowest BCUT2D eigenvalue weighted by atomic mass is 9.98. The van der Waals surface area contributed by atoms with E-state index in [1.165, 1.54) is 12.1 Å². The second kappa shape index (κ2) is 8.42. The van der Waals surface area contributed by atoms with Crippen molar-refractivity contribution in [2.75, 3.05) is 18.5 Å². The zero-order valence-electron chi connectivity index (χ0n) is 16.2. The van der Waals surface area contributed by atoms with Gasteiger partial charge in [0.2, 0.25) is 5.91 Å². The molecule has 1 aromatic rings. The minimum Gasteiger partial charge on any atom is -0.456 e. The first-order valence-electron chi connectivity index (χ1n) is 9.57. The number of ether oxygens (including phenoxy) is 1. The maximum Gasteiger partial charge on any atom is 0.326 e. The highest BCUT2D eigenvalue weighted by Crippen LogP contribution is 2.34. The molecule has 0 bridgehead atoms. The summed E-state index contributed by atoms with van der Waals surface area (Å²) < 4.78 is 4.95. The van der Waals surface area contributed by atoms with Crippen LogP contribution in [0.3, 0.4) is 0 Å². The Kier molecular flexibility index (Phi) is 5.95. The SMILES string of the molecule is CCC(=O)Nc1ccc(C(=O)COC(=O)CN2C(=O)NC3(CCCC3)C2=O)cc1. The van der Waals surface area contributed by atoms with E-state index >= 15 is 0 Å². The fourth-order valence-electron chi connectivity index (χ4n) is 3.53. The Hall–Kier alpha value is -3.23. The maximum absolute atomic E-state index is 12.5. The van der Waals surface area contributed by atoms with Gasteiger partial charge in [-0.3, -0.25) is 24.1 Å². The first-order chi connectivity index (χ1) is 13.8. The summed E-state index contributed by atoms with van der Waals surface area (Å²) in [5.74, 6) is -1.81. The number of nitrogens with zero attached hydrogens (tertiary/aromatic N) is 1. The average molecular weight is 401 g/mol. The molecule has 2 aliphatic rings. The van der Waals surface area contributed by atoms with Crippen LogP contribution in [0.1, 0.15) is 49.4 Å². The van der Waals surface area contributed by atoms with Crippen molar-refractivity contribution in [2.45, 2.75) is 44.6 Å². The number of ketones is 1. The zero-order chi connectivity index (χ0) is 21.0. The lowest BCUT2D eigenvalue weighted by Crippen LogP contribution is -2.44. The Morgan fingerprint density at radius 2 is 1.79 bits per heavy atom. The third kappa shape index (κ3) is 4.44. The largest absolute Gasteiger partial charge is 0.456 e. The van der Waals surface area contributed by atoms with Crippen LogP contribution in [0.15, 0.2) is 24.3 Å². The van der Waals surface area contributed by atoms with Crippen molar-refractivity contribution in [3.63, 3.8) is 0 Å². The molecule has 1 heterocycles. The van der Waals surface area contributed by atoms with Gasteiger partial charge in [-0.05, 0) is 37.1 Å². The lowest BCUT2D eigenvalue weighted by molar-refractivity contribution is -0.146. The number of Topliss-reactive ketones (excluding diaryl/α,β-unsaturated/α-hetero) is 1. The van der Waals surface area contributed by atoms with Gasteiger partial charge in [-0.15, -0.1) is 0 Å². The molecule has 0 aromatic heterocycles. The Balaban J connectivity index is 1.50. The molecular formula is C20H23N3O6. The molecule has 2 fully saturated rings. The van der Waals surface area contributed by atoms with Crippen LogP contribution in [0.5, 0.6) is 0 Å². The Bertz CT molecular complexity index is 842. The van der Waals surface area contributed by atoms with Crippen molar-refractivity contribution in [3.05, 3.63) is 29.8 Å². The van der Waals surface area contributed by atoms with Crippen LogP contribution >= 0.6 is 0 Å². The van der Waals surface area contributed by atoms with E-state index in [-0.39, 0.29) is 5.91 Å². The van der Waals surface area contributed by atoms with E-state index in [4.69, 9.17) is 4.74 Å². The summed E-state index contributed by atoms with van der Waals surface area (Å²) >= 11 is 0. The second-order valence-electron chi connectivity index (χ2n) is 7.17. The van der Waals surface area contributed by atoms with Crippen LogP contribution in [0.4, 0.5) is 10.5 Å². The molecule has 1 saturated carbocycles. The highest BCUT2D eigenvalue weighted by Gasteiger charge is 2.52. The molecule has 4 amide bonds. The van der Waals surface area contributed by atoms with Gasteiger partial charge in [-0.2, -0.15) is 0 Å². The van der Waals surface area contributed by atoms with Crippen molar-refractivity contribution in [3.8, 4) is 0 Å². The highest BCUT2D eigenvalue weighted by atomic mass is 16.5. The van der Waals surface area contributed by atoms with E-state index in [2.05, 4.69) is 10.6 Å². The number of carbonyl (C=O) groups excluding carboxylic acids is 5. The molecule has 0 atom stereocenters. The minimum absolute atomic E-state index is 0.141. The fourth-order valence-corrected chi connectivity index (χ4v) is 3.53. The molecule has 154 valence electrons. The number of rotatable bonds is 7. The Morgan fingerprint density at radius 3 is 2.41 bits per heavy atom. The van der Waals surface area contributed by atoms with E-state index in [1.54, 1.807) is 19.1 Å². The average Bonchev–Trinajstić information content (AvgIpc) is 3.27. The lowest BCUT2D eigenvalue weighted by Gasteiger charge is -2.19. The predicted octanol–water partition coefficient (Wildman–Crippen LogP) is 1.63. The van der Waals surface area contributed by atoms with Gasteiger partial charge in [0, 0.05) is 17.7 Å². The van der Waals surface area contributed by atoms with Gasteiger partial charge >= 0.3 is 12.0 Å². The number of nitrogens with one attached hydrogen (secondary N) is 2. The van der Waals surface area contributed by atoms with Gasteiger partial charge < -0.3 is 15.4 Å². The van der Waals surface area contributed by atoms with Crippen LogP contribution in [0.25, 0.3) is 0 Å². The topological polar surface area (TPSA) is 122 Å². The van der Waals surface area contributed by atoms with E-state index < -0.39 is 42.4 Å². The number of hydrogen-bond donors (Lipinski definition) is 2. The summed E-state index contributed by atoms with van der Waals surface area (Å²) in [5, 5.41) is 5.35. The maximum atomic E-state index is 12.5. The highest BCUT2D eigenvalue weighted by molar-refractivity contribution is 6.09. The monoisotopic (exact) mass is 401 g/mol. The quantitative estimate of drug-likeness (QED) is 0.407. The summed E-state index contributed by atoms with van der Waals surface area (Å²) in [6.45, 7) is 0.699. The van der Waals surface area contributed by atoms with Gasteiger partial charge in [-0.25, -0.2) is 4.79 Å². The molecule has 1 aromatic carbocycles. The van der Waals surface area contributed by atoms with E-state index in [9.17, 15) is 24.0 Å². The van der Waals surface area contributed by atoms with Crippen LogP contribution in [-0.4, -0.2) is 53.2 Å². The van der Waals surface area contributed by atoms with Crippen molar-refractivity contribution in [2.24, 2.45) is 0 Å². The normalized spacial score (nSPS) is 17.3. The smallest absolute Gasteiger partial charge is 0.326 e. The van der Waals surface area contributed by atoms with Crippen molar-refractivity contribution < 1.29 is 28.7 Å². The molecule has 1 saturated heterocycles. The predicted molar refractivity (Wildman–Crippen MR) is 102 cm³/mol. The number of anilines is 1. The van der Waals surface area contributed by atoms with Crippen molar-refractivity contribution in [1.82, 2.24) is 10.2 Å². The third-order valence-corrected chi connectivity index (χ3v) is 5.17. The summed E-state index contributed by atoms with van der Waals surface area (Å²) in [7, 11) is 0. The summed E-state index contributed by atoms with van der Waals surface area (Å²) in [6.07, 6.45) is 3.17. The van der Waals surface area contributed by atoms with E-state index in [0.29, 0.717) is 30.5 Å². The number of amides is 4. The molecular weight excluding hydrogens is 378 g/mol. The van der Waals surface area contributed by atoms with Crippen LogP contribution < -0.4 is 10.6 Å². The van der Waals surface area contributed by atoms with Gasteiger partial charge in [-0.1, -0.05) is 19.8 Å². The molecule has 9 nitrogen and oxygen atoms in total. The minimum atomic E-state index is -0.887. The second-order valence-corrected chi connectivity index (χ2v) is 7.17. The standard InChI is InChI=1S/C20H23N3O6/c1-2-16(25)21-14-7-5-13(6-8-14)15(24)12-29-17(26)11-23-18(27)20(22-19(23)28)9-3-4-10-20/h5-8H,2-4,9-12H2,1H3,(H,21,25)(H,22,28). The summed E-state index contributed by atoms with van der Waals surface area (Å²) in [6, 6.07) is 5.59. The molecule has 3 rings (SSSR count). The first kappa shape index (κ1) is 20.5. The van der Waals surface area contributed by atoms with Crippen molar-refractivity contribution >= 4 is 35.3 Å². The van der Waals surface area contributed by atoms with Crippen LogP contribution in [0, 0.1) is 0 Å². The molecule has 9 heteroatoms. The fraction of sp³-hybridized carbons (Fsp3) is 0.450. The number of imide groups is 1. The number of urea groups is 1. The third-order valence-electron chi connectivity index (χ3n) is 5.17. The molecule has 0 unspecified atom stereocenters. The zero-order valence-corrected chi connectivity index (χ0v) is 16.2. The Morgan fingerprint density at radius 1 is 1.14 bits per heavy atom. The van der Waals surface area contributed by atoms with Crippen molar-refractivity contribution in [1.29, 1.82) is 0 Å². The molecule has 0 radical (unpaired) electrons. The molecule has 2 N–H and O–H groups in total. The first-order valence-corrected chi connectivity index (χ1v) is 9.57. The molecule has 1 spiro atoms. The number of carbonyl (C=O) groups is 5. The Labute approximate surface area is 167 Å². The van der Waals surface area contributed by atoms with E-state index in [1.807, 2.05) is 0 Å². The number of esters is 1. The van der Waals surface area contributed by atoms with Gasteiger partial charge in [0.25, 0.3) is 5.91 Å². The molecule has 1 aliphatic heterocycles. The van der Waals surface area contributed by atoms with Crippen LogP contribution in [-0.2, 0) is 19.1 Å². The van der Waals surface area contributed by atoms with Gasteiger partial charge in [0.1, 0.15) is 12.1 Å².